The van der Waals surface area contributed by atoms with Crippen LogP contribution in [0, 0.1) is 6.92 Å². The summed E-state index contributed by atoms with van der Waals surface area (Å²) in [6.45, 7) is 8.33. The molecule has 0 spiro atoms. The Morgan fingerprint density at radius 3 is 2.36 bits per heavy atom. The average molecular weight is 193 g/mol. The molecule has 0 aliphatic rings. The van der Waals surface area contributed by atoms with Crippen molar-refractivity contribution in [3.63, 3.8) is 0 Å². The maximum Gasteiger partial charge on any atom is 0.0314 e. The summed E-state index contributed by atoms with van der Waals surface area (Å²) < 4.78 is 0. The Bertz CT molecular complexity index is 239. The number of aryl methyl sites for hydroxylation is 1. The summed E-state index contributed by atoms with van der Waals surface area (Å²) in [6, 6.07) is 9.17. The second kappa shape index (κ2) is 7.57. The lowest BCUT2D eigenvalue weighted by atomic mass is 10.0. The maximum atomic E-state index is 3.30. The first-order chi connectivity index (χ1) is 6.77. The minimum Gasteiger partial charge on any atom is -0.313 e. The average Bonchev–Trinajstić information content (AvgIpc) is 2.23. The maximum absolute atomic E-state index is 3.30. The number of hydrogen-bond acceptors (Lipinski definition) is 1. The first-order valence-electron chi connectivity index (χ1n) is 5.51. The Morgan fingerprint density at radius 1 is 1.29 bits per heavy atom. The van der Waals surface area contributed by atoms with Crippen LogP contribution in [0.15, 0.2) is 24.3 Å². The fraction of sp³-hybridized carbons (Fsp3) is 0.538. The van der Waals surface area contributed by atoms with E-state index in [1.165, 1.54) is 11.1 Å². The van der Waals surface area contributed by atoms with E-state index in [0.717, 1.165) is 6.42 Å². The molecule has 1 aromatic carbocycles. The highest BCUT2D eigenvalue weighted by Crippen LogP contribution is 2.16. The Balaban J connectivity index is 0.000000791. The summed E-state index contributed by atoms with van der Waals surface area (Å²) in [5.74, 6) is 0. The number of benzene rings is 1. The summed E-state index contributed by atoms with van der Waals surface area (Å²) >= 11 is 0. The predicted octanol–water partition coefficient (Wildman–Crippen LogP) is 3.69. The van der Waals surface area contributed by atoms with Gasteiger partial charge in [-0.3, -0.25) is 0 Å². The molecule has 0 aliphatic heterocycles. The molecule has 1 unspecified atom stereocenters. The van der Waals surface area contributed by atoms with E-state index in [2.05, 4.69) is 43.4 Å². The van der Waals surface area contributed by atoms with Crippen molar-refractivity contribution in [1.29, 1.82) is 0 Å². The molecule has 1 atom stereocenters. The van der Waals surface area contributed by atoms with E-state index in [9.17, 15) is 0 Å². The fourth-order valence-corrected chi connectivity index (χ4v) is 1.49. The lowest BCUT2D eigenvalue weighted by Gasteiger charge is -2.14. The van der Waals surface area contributed by atoms with Crippen molar-refractivity contribution < 1.29 is 0 Å². The molecule has 0 saturated heterocycles. The minimum absolute atomic E-state index is 0.505. The SMILES string of the molecule is CC.CCC(NC)c1cccc(C)c1. The van der Waals surface area contributed by atoms with Gasteiger partial charge in [-0.05, 0) is 26.0 Å². The number of rotatable bonds is 3. The molecule has 0 radical (unpaired) electrons. The third-order valence-corrected chi connectivity index (χ3v) is 2.20. The van der Waals surface area contributed by atoms with Crippen LogP contribution in [-0.2, 0) is 0 Å². The van der Waals surface area contributed by atoms with Gasteiger partial charge in [-0.25, -0.2) is 0 Å². The van der Waals surface area contributed by atoms with Crippen LogP contribution >= 0.6 is 0 Å². The largest absolute Gasteiger partial charge is 0.313 e. The molecular formula is C13H23N. The molecule has 0 fully saturated rings. The third-order valence-electron chi connectivity index (χ3n) is 2.20. The van der Waals surface area contributed by atoms with Crippen molar-refractivity contribution in [1.82, 2.24) is 5.32 Å². The monoisotopic (exact) mass is 193 g/mol. The Morgan fingerprint density at radius 2 is 1.93 bits per heavy atom. The quantitative estimate of drug-likeness (QED) is 0.772. The zero-order chi connectivity index (χ0) is 11.0. The van der Waals surface area contributed by atoms with E-state index in [1.807, 2.05) is 20.9 Å². The van der Waals surface area contributed by atoms with E-state index in [-0.39, 0.29) is 0 Å². The molecule has 1 rings (SSSR count). The van der Waals surface area contributed by atoms with Crippen LogP contribution in [0.1, 0.15) is 44.4 Å². The summed E-state index contributed by atoms with van der Waals surface area (Å²) in [4.78, 5) is 0. The standard InChI is InChI=1S/C11H17N.C2H6/c1-4-11(12-3)10-7-5-6-9(2)8-10;1-2/h5-8,11-12H,4H2,1-3H3;1-2H3. The molecule has 0 aliphatic carbocycles. The summed E-state index contributed by atoms with van der Waals surface area (Å²) in [5, 5.41) is 3.30. The van der Waals surface area contributed by atoms with Crippen LogP contribution in [0.5, 0.6) is 0 Å². The van der Waals surface area contributed by atoms with Crippen LogP contribution in [0.2, 0.25) is 0 Å². The Kier molecular flexibility index (Phi) is 7.13. The molecule has 1 aromatic rings. The third kappa shape index (κ3) is 3.93. The Hall–Kier alpha value is -0.820. The van der Waals surface area contributed by atoms with Gasteiger partial charge < -0.3 is 5.32 Å². The van der Waals surface area contributed by atoms with Gasteiger partial charge in [-0.2, -0.15) is 0 Å². The van der Waals surface area contributed by atoms with Gasteiger partial charge in [0, 0.05) is 6.04 Å². The second-order valence-electron chi connectivity index (χ2n) is 3.16. The van der Waals surface area contributed by atoms with Crippen LogP contribution < -0.4 is 5.32 Å². The van der Waals surface area contributed by atoms with Gasteiger partial charge >= 0.3 is 0 Å². The lowest BCUT2D eigenvalue weighted by molar-refractivity contribution is 0.576. The fourth-order valence-electron chi connectivity index (χ4n) is 1.49. The van der Waals surface area contributed by atoms with Crippen molar-refractivity contribution >= 4 is 0 Å². The molecule has 1 N–H and O–H groups in total. The van der Waals surface area contributed by atoms with E-state index in [0.29, 0.717) is 6.04 Å². The van der Waals surface area contributed by atoms with Crippen molar-refractivity contribution in [3.05, 3.63) is 35.4 Å². The first-order valence-corrected chi connectivity index (χ1v) is 5.51. The van der Waals surface area contributed by atoms with E-state index in [1.54, 1.807) is 0 Å². The van der Waals surface area contributed by atoms with Gasteiger partial charge in [0.25, 0.3) is 0 Å². The minimum atomic E-state index is 0.505. The van der Waals surface area contributed by atoms with Gasteiger partial charge in [-0.15, -0.1) is 0 Å². The lowest BCUT2D eigenvalue weighted by Crippen LogP contribution is -2.15. The van der Waals surface area contributed by atoms with Gasteiger partial charge in [-0.1, -0.05) is 50.6 Å². The van der Waals surface area contributed by atoms with Gasteiger partial charge in [0.15, 0.2) is 0 Å². The molecule has 80 valence electrons. The molecule has 1 heteroatoms. The van der Waals surface area contributed by atoms with Crippen molar-refractivity contribution in [2.45, 2.75) is 40.2 Å². The number of nitrogens with one attached hydrogen (secondary N) is 1. The van der Waals surface area contributed by atoms with Crippen LogP contribution in [0.4, 0.5) is 0 Å². The first kappa shape index (κ1) is 13.2. The zero-order valence-electron chi connectivity index (χ0n) is 10.1. The van der Waals surface area contributed by atoms with E-state index < -0.39 is 0 Å². The highest BCUT2D eigenvalue weighted by atomic mass is 14.9. The molecule has 0 saturated carbocycles. The molecule has 14 heavy (non-hydrogen) atoms. The summed E-state index contributed by atoms with van der Waals surface area (Å²) in [5.41, 5.74) is 2.72. The number of hydrogen-bond donors (Lipinski definition) is 1. The van der Waals surface area contributed by atoms with Crippen molar-refractivity contribution in [3.8, 4) is 0 Å². The van der Waals surface area contributed by atoms with Crippen LogP contribution in [-0.4, -0.2) is 7.05 Å². The molecule has 0 heterocycles. The molecular weight excluding hydrogens is 170 g/mol. The summed E-state index contributed by atoms with van der Waals surface area (Å²) in [7, 11) is 2.01. The zero-order valence-corrected chi connectivity index (χ0v) is 10.1. The smallest absolute Gasteiger partial charge is 0.0314 e. The van der Waals surface area contributed by atoms with Gasteiger partial charge in [0.1, 0.15) is 0 Å². The molecule has 0 bridgehead atoms. The highest BCUT2D eigenvalue weighted by Gasteiger charge is 2.04. The van der Waals surface area contributed by atoms with E-state index in [4.69, 9.17) is 0 Å². The molecule has 0 amide bonds. The topological polar surface area (TPSA) is 12.0 Å². The predicted molar refractivity (Wildman–Crippen MR) is 64.6 cm³/mol. The van der Waals surface area contributed by atoms with Gasteiger partial charge in [0.2, 0.25) is 0 Å². The van der Waals surface area contributed by atoms with Crippen LogP contribution in [0.3, 0.4) is 0 Å². The van der Waals surface area contributed by atoms with Crippen molar-refractivity contribution in [2.75, 3.05) is 7.05 Å². The van der Waals surface area contributed by atoms with Crippen LogP contribution in [0.25, 0.3) is 0 Å². The summed E-state index contributed by atoms with van der Waals surface area (Å²) in [6.07, 6.45) is 1.14. The molecule has 1 nitrogen and oxygen atoms in total. The normalized spacial score (nSPS) is 11.5. The van der Waals surface area contributed by atoms with E-state index >= 15 is 0 Å². The highest BCUT2D eigenvalue weighted by molar-refractivity contribution is 5.24. The van der Waals surface area contributed by atoms with Gasteiger partial charge in [0.05, 0.1) is 0 Å². The van der Waals surface area contributed by atoms with Crippen molar-refractivity contribution in [2.24, 2.45) is 0 Å². The molecule has 0 aromatic heterocycles. The Labute approximate surface area is 88.5 Å². The second-order valence-corrected chi connectivity index (χ2v) is 3.16.